The number of fused-ring (bicyclic) bond motifs is 1. The third-order valence-corrected chi connectivity index (χ3v) is 4.00. The number of aliphatic hydroxyl groups excluding tert-OH is 1. The lowest BCUT2D eigenvalue weighted by Crippen LogP contribution is -2.24. The number of amides is 2. The predicted octanol–water partition coefficient (Wildman–Crippen LogP) is 3.17. The Bertz CT molecular complexity index is 732. The second kappa shape index (κ2) is 6.18. The minimum Gasteiger partial charge on any atom is -0.388 e. The molecule has 23 heavy (non-hydrogen) atoms. The summed E-state index contributed by atoms with van der Waals surface area (Å²) >= 11 is 0. The fraction of sp³-hybridized carbons (Fsp3) is 0.158. The number of hydrogen-bond acceptors (Lipinski definition) is 3. The summed E-state index contributed by atoms with van der Waals surface area (Å²) in [6, 6.07) is 16.1. The van der Waals surface area contributed by atoms with Crippen molar-refractivity contribution >= 4 is 11.8 Å². The van der Waals surface area contributed by atoms with E-state index in [2.05, 4.69) is 0 Å². The molecule has 1 aliphatic heterocycles. The van der Waals surface area contributed by atoms with Crippen LogP contribution in [0.25, 0.3) is 0 Å². The average Bonchev–Trinajstić information content (AvgIpc) is 2.84. The predicted molar refractivity (Wildman–Crippen MR) is 86.6 cm³/mol. The van der Waals surface area contributed by atoms with Crippen molar-refractivity contribution in [3.63, 3.8) is 0 Å². The van der Waals surface area contributed by atoms with Gasteiger partial charge in [-0.3, -0.25) is 9.59 Å². The van der Waals surface area contributed by atoms with E-state index in [9.17, 15) is 14.7 Å². The van der Waals surface area contributed by atoms with Crippen LogP contribution in [0.15, 0.2) is 66.9 Å². The quantitative estimate of drug-likeness (QED) is 0.883. The van der Waals surface area contributed by atoms with E-state index in [0.29, 0.717) is 11.1 Å². The van der Waals surface area contributed by atoms with Crippen molar-refractivity contribution in [3.05, 3.63) is 83.6 Å². The molecular formula is C19H17NO3. The molecule has 0 spiro atoms. The first-order chi connectivity index (χ1) is 11.1. The molecule has 0 radical (unpaired) electrons. The van der Waals surface area contributed by atoms with Crippen molar-refractivity contribution in [3.8, 4) is 0 Å². The molecule has 2 aromatic carbocycles. The van der Waals surface area contributed by atoms with E-state index >= 15 is 0 Å². The fourth-order valence-corrected chi connectivity index (χ4v) is 2.62. The van der Waals surface area contributed by atoms with Crippen molar-refractivity contribution in [1.82, 2.24) is 4.90 Å². The molecule has 0 fully saturated rings. The van der Waals surface area contributed by atoms with Crippen LogP contribution in [-0.2, 0) is 0 Å². The molecule has 0 aromatic heterocycles. The first-order valence-corrected chi connectivity index (χ1v) is 7.48. The van der Waals surface area contributed by atoms with Crippen LogP contribution in [0.1, 0.15) is 39.3 Å². The van der Waals surface area contributed by atoms with Crippen LogP contribution in [0.5, 0.6) is 0 Å². The molecule has 2 amide bonds. The Morgan fingerprint density at radius 1 is 0.913 bits per heavy atom. The van der Waals surface area contributed by atoms with Gasteiger partial charge in [-0.25, -0.2) is 4.90 Å². The Morgan fingerprint density at radius 2 is 1.43 bits per heavy atom. The van der Waals surface area contributed by atoms with E-state index in [1.54, 1.807) is 30.3 Å². The Kier molecular flexibility index (Phi) is 4.08. The summed E-state index contributed by atoms with van der Waals surface area (Å²) in [5.74, 6) is -0.895. The normalized spacial score (nSPS) is 16.7. The van der Waals surface area contributed by atoms with Gasteiger partial charge in [-0.15, -0.1) is 0 Å². The van der Waals surface area contributed by atoms with Gasteiger partial charge >= 0.3 is 0 Å². The molecule has 4 nitrogen and oxygen atoms in total. The zero-order valence-electron chi connectivity index (χ0n) is 12.7. The largest absolute Gasteiger partial charge is 0.388 e. The van der Waals surface area contributed by atoms with Crippen molar-refractivity contribution in [1.29, 1.82) is 0 Å². The van der Waals surface area contributed by atoms with Crippen molar-refractivity contribution in [2.24, 2.45) is 5.92 Å². The molecule has 1 heterocycles. The number of carbonyl (C=O) groups is 2. The Labute approximate surface area is 134 Å². The van der Waals surface area contributed by atoms with Crippen LogP contribution >= 0.6 is 0 Å². The number of imide groups is 1. The maximum absolute atomic E-state index is 12.3. The molecule has 4 heteroatoms. The summed E-state index contributed by atoms with van der Waals surface area (Å²) in [4.78, 5) is 25.6. The molecule has 0 saturated carbocycles. The van der Waals surface area contributed by atoms with E-state index in [1.807, 2.05) is 37.3 Å². The number of hydrogen-bond donors (Lipinski definition) is 1. The molecule has 0 aliphatic carbocycles. The maximum atomic E-state index is 12.3. The molecule has 2 aromatic rings. The third kappa shape index (κ3) is 2.81. The van der Waals surface area contributed by atoms with Crippen LogP contribution < -0.4 is 0 Å². The highest BCUT2D eigenvalue weighted by Crippen LogP contribution is 2.25. The molecule has 0 bridgehead atoms. The summed E-state index contributed by atoms with van der Waals surface area (Å²) < 4.78 is 0. The van der Waals surface area contributed by atoms with E-state index in [-0.39, 0.29) is 17.7 Å². The summed E-state index contributed by atoms with van der Waals surface area (Å²) in [5.41, 5.74) is 1.63. The van der Waals surface area contributed by atoms with E-state index in [1.165, 1.54) is 6.20 Å². The van der Waals surface area contributed by atoms with E-state index in [4.69, 9.17) is 0 Å². The highest BCUT2D eigenvalue weighted by Gasteiger charge is 2.33. The first-order valence-electron chi connectivity index (χ1n) is 7.48. The third-order valence-electron chi connectivity index (χ3n) is 4.00. The summed E-state index contributed by atoms with van der Waals surface area (Å²) in [6.07, 6.45) is 2.45. The first kappa shape index (κ1) is 15.2. The summed E-state index contributed by atoms with van der Waals surface area (Å²) in [5, 5.41) is 10.3. The second-order valence-corrected chi connectivity index (χ2v) is 5.58. The van der Waals surface area contributed by atoms with Gasteiger partial charge < -0.3 is 5.11 Å². The molecule has 0 saturated heterocycles. The Hall–Kier alpha value is -2.72. The van der Waals surface area contributed by atoms with Crippen LogP contribution in [0.2, 0.25) is 0 Å². The highest BCUT2D eigenvalue weighted by molar-refractivity contribution is 6.22. The lowest BCUT2D eigenvalue weighted by molar-refractivity contribution is 0.0718. The molecule has 116 valence electrons. The van der Waals surface area contributed by atoms with Gasteiger partial charge in [0.1, 0.15) is 0 Å². The molecule has 1 N–H and O–H groups in total. The molecule has 1 aliphatic rings. The Balaban J connectivity index is 1.76. The summed E-state index contributed by atoms with van der Waals surface area (Å²) in [7, 11) is 0. The highest BCUT2D eigenvalue weighted by atomic mass is 16.3. The van der Waals surface area contributed by atoms with Crippen LogP contribution in [0.4, 0.5) is 0 Å². The number of carbonyl (C=O) groups excluding carboxylic acids is 2. The van der Waals surface area contributed by atoms with Gasteiger partial charge in [0.05, 0.1) is 17.2 Å². The lowest BCUT2D eigenvalue weighted by Gasteiger charge is -2.16. The van der Waals surface area contributed by atoms with Crippen molar-refractivity contribution in [2.45, 2.75) is 13.0 Å². The average molecular weight is 307 g/mol. The maximum Gasteiger partial charge on any atom is 0.265 e. The fourth-order valence-electron chi connectivity index (χ4n) is 2.62. The van der Waals surface area contributed by atoms with Gasteiger partial charge in [0.25, 0.3) is 11.8 Å². The monoisotopic (exact) mass is 307 g/mol. The SMILES string of the molecule is C[C@@H](/C=C\N1C(=O)c2ccccc2C1=O)[C@H](O)c1ccccc1. The number of nitrogens with zero attached hydrogens (tertiary/aromatic N) is 1. The molecular weight excluding hydrogens is 290 g/mol. The topological polar surface area (TPSA) is 57.6 Å². The second-order valence-electron chi connectivity index (χ2n) is 5.58. The molecule has 2 atom stereocenters. The van der Waals surface area contributed by atoms with Crippen molar-refractivity contribution < 1.29 is 14.7 Å². The van der Waals surface area contributed by atoms with Gasteiger partial charge in [0, 0.05) is 12.1 Å². The standard InChI is InChI=1S/C19H17NO3/c1-13(17(21)14-7-3-2-4-8-14)11-12-20-18(22)15-9-5-6-10-16(15)19(20)23/h2-13,17,21H,1H3/b12-11-/t13-,17-/m0/s1. The Morgan fingerprint density at radius 3 is 2.00 bits per heavy atom. The number of rotatable bonds is 4. The van der Waals surface area contributed by atoms with Crippen LogP contribution in [0, 0.1) is 5.92 Å². The smallest absolute Gasteiger partial charge is 0.265 e. The van der Waals surface area contributed by atoms with Gasteiger partial charge in [-0.2, -0.15) is 0 Å². The van der Waals surface area contributed by atoms with E-state index < -0.39 is 6.10 Å². The van der Waals surface area contributed by atoms with Crippen LogP contribution in [0.3, 0.4) is 0 Å². The summed E-state index contributed by atoms with van der Waals surface area (Å²) in [6.45, 7) is 1.84. The molecule has 3 rings (SSSR count). The van der Waals surface area contributed by atoms with Gasteiger partial charge in [0.2, 0.25) is 0 Å². The lowest BCUT2D eigenvalue weighted by atomic mass is 9.97. The van der Waals surface area contributed by atoms with E-state index in [0.717, 1.165) is 10.5 Å². The van der Waals surface area contributed by atoms with Gasteiger partial charge in [0.15, 0.2) is 0 Å². The zero-order valence-corrected chi connectivity index (χ0v) is 12.7. The van der Waals surface area contributed by atoms with Gasteiger partial charge in [-0.05, 0) is 17.7 Å². The number of aliphatic hydroxyl groups is 1. The molecule has 0 unspecified atom stereocenters. The minimum atomic E-state index is -0.692. The number of benzene rings is 2. The van der Waals surface area contributed by atoms with Crippen LogP contribution in [-0.4, -0.2) is 21.8 Å². The minimum absolute atomic E-state index is 0.235. The van der Waals surface area contributed by atoms with Gasteiger partial charge in [-0.1, -0.05) is 55.5 Å². The zero-order chi connectivity index (χ0) is 16.4. The van der Waals surface area contributed by atoms with Crippen molar-refractivity contribution in [2.75, 3.05) is 0 Å².